The third kappa shape index (κ3) is 2.08. The molecule has 16 heavy (non-hydrogen) atoms. The third-order valence-corrected chi connectivity index (χ3v) is 3.81. The topological polar surface area (TPSA) is 37.3 Å². The second-order valence-electron chi connectivity index (χ2n) is 3.35. The molecule has 1 atom stereocenters. The van der Waals surface area contributed by atoms with E-state index in [2.05, 4.69) is 0 Å². The van der Waals surface area contributed by atoms with Crippen LogP contribution in [0.2, 0.25) is 5.02 Å². The van der Waals surface area contributed by atoms with Crippen molar-refractivity contribution in [1.82, 2.24) is 0 Å². The van der Waals surface area contributed by atoms with Crippen molar-refractivity contribution >= 4 is 35.4 Å². The standard InChI is InChI=1S/C11H8ClFO2S/c12-7-1-2-9-6(3-7)4-8(11(14)15)10(5-13)16-9/h1-4,10H,5H2,(H,14,15). The molecule has 0 fully saturated rings. The Kier molecular flexibility index (Phi) is 3.21. The van der Waals surface area contributed by atoms with Crippen molar-refractivity contribution in [2.45, 2.75) is 10.1 Å². The van der Waals surface area contributed by atoms with Crippen molar-refractivity contribution in [3.63, 3.8) is 0 Å². The Labute approximate surface area is 101 Å². The highest BCUT2D eigenvalue weighted by Crippen LogP contribution is 2.38. The van der Waals surface area contributed by atoms with Crippen LogP contribution in [0.5, 0.6) is 0 Å². The van der Waals surface area contributed by atoms with Gasteiger partial charge in [-0.2, -0.15) is 0 Å². The van der Waals surface area contributed by atoms with Crippen LogP contribution in [0.1, 0.15) is 5.56 Å². The number of benzene rings is 1. The maximum Gasteiger partial charge on any atom is 0.332 e. The molecule has 2 rings (SSSR count). The molecule has 0 aliphatic carbocycles. The van der Waals surface area contributed by atoms with Gasteiger partial charge in [0.05, 0.1) is 10.8 Å². The first-order valence-electron chi connectivity index (χ1n) is 4.59. The monoisotopic (exact) mass is 258 g/mol. The van der Waals surface area contributed by atoms with E-state index < -0.39 is 17.9 Å². The Morgan fingerprint density at radius 3 is 2.94 bits per heavy atom. The van der Waals surface area contributed by atoms with Crippen molar-refractivity contribution < 1.29 is 14.3 Å². The average Bonchev–Trinajstić information content (AvgIpc) is 2.27. The summed E-state index contributed by atoms with van der Waals surface area (Å²) in [5.41, 5.74) is 0.821. The van der Waals surface area contributed by atoms with E-state index in [9.17, 15) is 9.18 Å². The van der Waals surface area contributed by atoms with Gasteiger partial charge in [-0.15, -0.1) is 11.8 Å². The van der Waals surface area contributed by atoms with Gasteiger partial charge in [-0.1, -0.05) is 11.6 Å². The van der Waals surface area contributed by atoms with Crippen molar-refractivity contribution in [1.29, 1.82) is 0 Å². The number of fused-ring (bicyclic) bond motifs is 1. The molecule has 1 unspecified atom stereocenters. The van der Waals surface area contributed by atoms with Gasteiger partial charge >= 0.3 is 5.97 Å². The van der Waals surface area contributed by atoms with Gasteiger partial charge in [0, 0.05) is 9.92 Å². The first-order valence-corrected chi connectivity index (χ1v) is 5.84. The van der Waals surface area contributed by atoms with E-state index >= 15 is 0 Å². The van der Waals surface area contributed by atoms with Crippen molar-refractivity contribution in [2.24, 2.45) is 0 Å². The van der Waals surface area contributed by atoms with Gasteiger partial charge in [-0.25, -0.2) is 9.18 Å². The molecule has 1 aliphatic heterocycles. The Morgan fingerprint density at radius 1 is 1.56 bits per heavy atom. The average molecular weight is 259 g/mol. The van der Waals surface area contributed by atoms with Crippen LogP contribution in [-0.4, -0.2) is 23.0 Å². The maximum atomic E-state index is 12.7. The minimum Gasteiger partial charge on any atom is -0.478 e. The fourth-order valence-corrected chi connectivity index (χ4v) is 2.78. The number of hydrogen-bond donors (Lipinski definition) is 1. The molecule has 84 valence electrons. The van der Waals surface area contributed by atoms with Crippen LogP contribution in [0.15, 0.2) is 28.7 Å². The number of aliphatic carboxylic acids is 1. The van der Waals surface area contributed by atoms with Crippen LogP contribution in [-0.2, 0) is 4.79 Å². The number of thioether (sulfide) groups is 1. The van der Waals surface area contributed by atoms with Gasteiger partial charge in [-0.3, -0.25) is 0 Å². The maximum absolute atomic E-state index is 12.7. The highest BCUT2D eigenvalue weighted by molar-refractivity contribution is 8.00. The zero-order valence-corrected chi connectivity index (χ0v) is 9.69. The molecular weight excluding hydrogens is 251 g/mol. The summed E-state index contributed by atoms with van der Waals surface area (Å²) in [5, 5.41) is 8.86. The van der Waals surface area contributed by atoms with E-state index in [0.717, 1.165) is 10.5 Å². The largest absolute Gasteiger partial charge is 0.478 e. The molecule has 0 bridgehead atoms. The van der Waals surface area contributed by atoms with E-state index in [4.69, 9.17) is 16.7 Å². The zero-order valence-electron chi connectivity index (χ0n) is 8.11. The van der Waals surface area contributed by atoms with Crippen molar-refractivity contribution in [2.75, 3.05) is 6.67 Å². The lowest BCUT2D eigenvalue weighted by Gasteiger charge is -2.20. The molecule has 2 nitrogen and oxygen atoms in total. The van der Waals surface area contributed by atoms with Crippen LogP contribution in [0.4, 0.5) is 4.39 Å². The Balaban J connectivity index is 2.49. The highest BCUT2D eigenvalue weighted by Gasteiger charge is 2.26. The smallest absolute Gasteiger partial charge is 0.332 e. The first-order chi connectivity index (χ1) is 7.61. The van der Waals surface area contributed by atoms with Crippen molar-refractivity contribution in [3.8, 4) is 0 Å². The van der Waals surface area contributed by atoms with Crippen molar-refractivity contribution in [3.05, 3.63) is 34.4 Å². The molecule has 1 aromatic carbocycles. The summed E-state index contributed by atoms with van der Waals surface area (Å²) in [4.78, 5) is 11.8. The summed E-state index contributed by atoms with van der Waals surface area (Å²) >= 11 is 7.03. The summed E-state index contributed by atoms with van der Waals surface area (Å²) in [6.07, 6.45) is 1.49. The van der Waals surface area contributed by atoms with E-state index in [-0.39, 0.29) is 5.57 Å². The number of hydrogen-bond acceptors (Lipinski definition) is 2. The SMILES string of the molecule is O=C(O)C1=Cc2cc(Cl)ccc2SC1CF. The summed E-state index contributed by atoms with van der Waals surface area (Å²) in [7, 11) is 0. The van der Waals surface area contributed by atoms with Gasteiger partial charge < -0.3 is 5.11 Å². The number of carbonyl (C=O) groups is 1. The van der Waals surface area contributed by atoms with Gasteiger partial charge in [0.1, 0.15) is 6.67 Å². The lowest BCUT2D eigenvalue weighted by Crippen LogP contribution is -2.19. The molecule has 5 heteroatoms. The predicted octanol–water partition coefficient (Wildman–Crippen LogP) is 3.25. The summed E-state index contributed by atoms with van der Waals surface area (Å²) in [6.45, 7) is -0.690. The number of carboxylic acids is 1. The zero-order chi connectivity index (χ0) is 11.7. The van der Waals surface area contributed by atoms with E-state index in [1.165, 1.54) is 17.8 Å². The summed E-state index contributed by atoms with van der Waals surface area (Å²) in [5.74, 6) is -1.08. The summed E-state index contributed by atoms with van der Waals surface area (Å²) < 4.78 is 12.7. The molecule has 0 spiro atoms. The van der Waals surface area contributed by atoms with Gasteiger partial charge in [0.15, 0.2) is 0 Å². The number of halogens is 2. The number of carboxylic acid groups (broad SMARTS) is 1. The molecule has 1 aromatic rings. The lowest BCUT2D eigenvalue weighted by molar-refractivity contribution is -0.132. The van der Waals surface area contributed by atoms with E-state index in [1.807, 2.05) is 0 Å². The normalized spacial score (nSPS) is 18.9. The molecular formula is C11H8ClFO2S. The fourth-order valence-electron chi connectivity index (χ4n) is 1.53. The second kappa shape index (κ2) is 4.47. The van der Waals surface area contributed by atoms with Crippen LogP contribution in [0.3, 0.4) is 0 Å². The first kappa shape index (κ1) is 11.5. The molecule has 0 aromatic heterocycles. The van der Waals surface area contributed by atoms with Crippen LogP contribution in [0, 0.1) is 0 Å². The molecule has 0 amide bonds. The third-order valence-electron chi connectivity index (χ3n) is 2.29. The van der Waals surface area contributed by atoms with Gasteiger partial charge in [0.25, 0.3) is 0 Å². The lowest BCUT2D eigenvalue weighted by atomic mass is 10.1. The minimum absolute atomic E-state index is 0.0854. The fraction of sp³-hybridized carbons (Fsp3) is 0.182. The molecule has 1 N–H and O–H groups in total. The molecule has 1 heterocycles. The predicted molar refractivity (Wildman–Crippen MR) is 62.7 cm³/mol. The molecule has 0 saturated carbocycles. The number of rotatable bonds is 2. The van der Waals surface area contributed by atoms with E-state index in [0.29, 0.717) is 5.02 Å². The summed E-state index contributed by atoms with van der Waals surface area (Å²) in [6, 6.07) is 5.17. The van der Waals surface area contributed by atoms with Crippen LogP contribution < -0.4 is 0 Å². The van der Waals surface area contributed by atoms with Crippen LogP contribution in [0.25, 0.3) is 6.08 Å². The number of alkyl halides is 1. The Morgan fingerprint density at radius 2 is 2.31 bits per heavy atom. The van der Waals surface area contributed by atoms with Gasteiger partial charge in [-0.05, 0) is 29.8 Å². The highest BCUT2D eigenvalue weighted by atomic mass is 35.5. The molecule has 0 saturated heterocycles. The minimum atomic E-state index is -1.08. The molecule has 1 aliphatic rings. The second-order valence-corrected chi connectivity index (χ2v) is 5.03. The Bertz CT molecular complexity index is 473. The molecule has 0 radical (unpaired) electrons. The van der Waals surface area contributed by atoms with Crippen LogP contribution >= 0.6 is 23.4 Å². The Hall–Kier alpha value is -1.000. The quantitative estimate of drug-likeness (QED) is 0.885. The van der Waals surface area contributed by atoms with E-state index in [1.54, 1.807) is 18.2 Å². The van der Waals surface area contributed by atoms with Gasteiger partial charge in [0.2, 0.25) is 0 Å².